The van der Waals surface area contributed by atoms with E-state index in [0.717, 1.165) is 43.0 Å². The smallest absolute Gasteiger partial charge is 0.133 e. The van der Waals surface area contributed by atoms with E-state index in [-0.39, 0.29) is 6.04 Å². The van der Waals surface area contributed by atoms with E-state index in [1.54, 1.807) is 0 Å². The number of rotatable bonds is 6. The van der Waals surface area contributed by atoms with E-state index in [1.807, 2.05) is 25.4 Å². The SMILES string of the molecule is CCCc1cnc(C)nc1N[C@@H]1COC[C@H]1Cc1ccnc2ccccc12. The standard InChI is InChI=1S/C22H26N4O/c1-3-6-17-12-24-15(2)25-22(17)26-21-14-27-13-18(21)11-16-9-10-23-20-8-5-4-7-19(16)20/h4-5,7-10,12,18,21H,3,6,11,13-14H2,1-2H3,(H,24,25,26)/t18-,21-/m1/s1. The summed E-state index contributed by atoms with van der Waals surface area (Å²) in [7, 11) is 0. The highest BCUT2D eigenvalue weighted by Crippen LogP contribution is 2.26. The van der Waals surface area contributed by atoms with Crippen molar-refractivity contribution in [2.75, 3.05) is 18.5 Å². The van der Waals surface area contributed by atoms with Crippen LogP contribution in [-0.2, 0) is 17.6 Å². The highest BCUT2D eigenvalue weighted by Gasteiger charge is 2.29. The Bertz CT molecular complexity index is 922. The van der Waals surface area contributed by atoms with Gasteiger partial charge < -0.3 is 10.1 Å². The minimum atomic E-state index is 0.252. The molecule has 3 heterocycles. The maximum atomic E-state index is 5.83. The van der Waals surface area contributed by atoms with Gasteiger partial charge in [0.2, 0.25) is 0 Å². The van der Waals surface area contributed by atoms with E-state index < -0.39 is 0 Å². The first kappa shape index (κ1) is 17.9. The van der Waals surface area contributed by atoms with Crippen molar-refractivity contribution in [2.45, 2.75) is 39.2 Å². The number of para-hydroxylation sites is 1. The minimum absolute atomic E-state index is 0.252. The van der Waals surface area contributed by atoms with Crippen LogP contribution in [0.2, 0.25) is 0 Å². The number of aromatic nitrogens is 3. The van der Waals surface area contributed by atoms with Gasteiger partial charge in [0.1, 0.15) is 11.6 Å². The number of aryl methyl sites for hydroxylation is 2. The van der Waals surface area contributed by atoms with Crippen LogP contribution < -0.4 is 5.32 Å². The van der Waals surface area contributed by atoms with Crippen molar-refractivity contribution in [2.24, 2.45) is 5.92 Å². The molecule has 140 valence electrons. The molecule has 5 nitrogen and oxygen atoms in total. The Hall–Kier alpha value is -2.53. The molecule has 1 aliphatic heterocycles. The van der Waals surface area contributed by atoms with E-state index in [9.17, 15) is 0 Å². The molecular formula is C22H26N4O. The maximum absolute atomic E-state index is 5.83. The number of benzene rings is 1. The van der Waals surface area contributed by atoms with E-state index in [1.165, 1.54) is 16.5 Å². The molecule has 1 aliphatic rings. The molecule has 2 aromatic heterocycles. The number of fused-ring (bicyclic) bond motifs is 1. The summed E-state index contributed by atoms with van der Waals surface area (Å²) in [6.45, 7) is 5.59. The minimum Gasteiger partial charge on any atom is -0.379 e. The summed E-state index contributed by atoms with van der Waals surface area (Å²) in [5.41, 5.74) is 3.56. The van der Waals surface area contributed by atoms with Crippen molar-refractivity contribution in [1.29, 1.82) is 0 Å². The number of hydrogen-bond donors (Lipinski definition) is 1. The molecule has 0 amide bonds. The summed E-state index contributed by atoms with van der Waals surface area (Å²) in [6, 6.07) is 10.7. The Morgan fingerprint density at radius 3 is 2.89 bits per heavy atom. The lowest BCUT2D eigenvalue weighted by Crippen LogP contribution is -2.30. The van der Waals surface area contributed by atoms with Gasteiger partial charge in [-0.25, -0.2) is 9.97 Å². The van der Waals surface area contributed by atoms with Gasteiger partial charge in [-0.05, 0) is 37.5 Å². The molecule has 1 fully saturated rings. The summed E-state index contributed by atoms with van der Waals surface area (Å²) < 4.78 is 5.83. The lowest BCUT2D eigenvalue weighted by molar-refractivity contribution is 0.185. The Kier molecular flexibility index (Phi) is 5.30. The molecule has 3 aromatic rings. The molecule has 0 radical (unpaired) electrons. The Morgan fingerprint density at radius 2 is 2.00 bits per heavy atom. The van der Waals surface area contributed by atoms with Crippen LogP contribution in [0.3, 0.4) is 0 Å². The number of pyridine rings is 1. The average molecular weight is 362 g/mol. The normalized spacial score (nSPS) is 19.5. The summed E-state index contributed by atoms with van der Waals surface area (Å²) >= 11 is 0. The zero-order chi connectivity index (χ0) is 18.6. The van der Waals surface area contributed by atoms with Crippen LogP contribution in [0.25, 0.3) is 10.9 Å². The molecule has 1 saturated heterocycles. The van der Waals surface area contributed by atoms with Crippen molar-refractivity contribution in [3.05, 3.63) is 59.7 Å². The fourth-order valence-corrected chi connectivity index (χ4v) is 3.82. The lowest BCUT2D eigenvalue weighted by atomic mass is 9.93. The summed E-state index contributed by atoms with van der Waals surface area (Å²) in [5, 5.41) is 4.89. The molecule has 0 unspecified atom stereocenters. The molecule has 0 saturated carbocycles. The number of anilines is 1. The third-order valence-corrected chi connectivity index (χ3v) is 5.25. The van der Waals surface area contributed by atoms with Crippen LogP contribution in [0.5, 0.6) is 0 Å². The number of ether oxygens (including phenoxy) is 1. The fraction of sp³-hybridized carbons (Fsp3) is 0.409. The monoisotopic (exact) mass is 362 g/mol. The van der Waals surface area contributed by atoms with Gasteiger partial charge in [0.25, 0.3) is 0 Å². The van der Waals surface area contributed by atoms with Gasteiger partial charge >= 0.3 is 0 Å². The van der Waals surface area contributed by atoms with Gasteiger partial charge in [-0.2, -0.15) is 0 Å². The highest BCUT2D eigenvalue weighted by atomic mass is 16.5. The first-order valence-corrected chi connectivity index (χ1v) is 9.74. The third-order valence-electron chi connectivity index (χ3n) is 5.25. The predicted molar refractivity (Wildman–Crippen MR) is 108 cm³/mol. The van der Waals surface area contributed by atoms with Gasteiger partial charge in [-0.15, -0.1) is 0 Å². The fourth-order valence-electron chi connectivity index (χ4n) is 3.82. The van der Waals surface area contributed by atoms with Gasteiger partial charge in [-0.3, -0.25) is 4.98 Å². The van der Waals surface area contributed by atoms with Gasteiger partial charge in [0.15, 0.2) is 0 Å². The number of nitrogens with one attached hydrogen (secondary N) is 1. The third kappa shape index (κ3) is 3.93. The zero-order valence-corrected chi connectivity index (χ0v) is 16.0. The van der Waals surface area contributed by atoms with Crippen molar-refractivity contribution in [3.8, 4) is 0 Å². The molecule has 4 rings (SSSR count). The van der Waals surface area contributed by atoms with Gasteiger partial charge in [0, 0.05) is 29.3 Å². The van der Waals surface area contributed by atoms with Crippen LogP contribution >= 0.6 is 0 Å². The predicted octanol–water partition coefficient (Wildman–Crippen LogP) is 3.96. The first-order chi connectivity index (χ1) is 13.2. The second-order valence-corrected chi connectivity index (χ2v) is 7.28. The second-order valence-electron chi connectivity index (χ2n) is 7.28. The number of nitrogens with zero attached hydrogens (tertiary/aromatic N) is 3. The molecule has 0 spiro atoms. The quantitative estimate of drug-likeness (QED) is 0.719. The second kappa shape index (κ2) is 8.01. The lowest BCUT2D eigenvalue weighted by Gasteiger charge is -2.22. The van der Waals surface area contributed by atoms with Gasteiger partial charge in [0.05, 0.1) is 24.8 Å². The van der Waals surface area contributed by atoms with Crippen LogP contribution in [0.15, 0.2) is 42.7 Å². The molecule has 0 aliphatic carbocycles. The van der Waals surface area contributed by atoms with E-state index in [0.29, 0.717) is 12.5 Å². The average Bonchev–Trinajstić information content (AvgIpc) is 3.11. The maximum Gasteiger partial charge on any atom is 0.133 e. The summed E-state index contributed by atoms with van der Waals surface area (Å²) in [4.78, 5) is 13.5. The Morgan fingerprint density at radius 1 is 1.11 bits per heavy atom. The Labute approximate surface area is 160 Å². The van der Waals surface area contributed by atoms with E-state index >= 15 is 0 Å². The van der Waals surface area contributed by atoms with Crippen LogP contribution in [0.4, 0.5) is 5.82 Å². The summed E-state index contributed by atoms with van der Waals surface area (Å²) in [5.74, 6) is 2.16. The van der Waals surface area contributed by atoms with E-state index in [2.05, 4.69) is 51.5 Å². The molecule has 27 heavy (non-hydrogen) atoms. The van der Waals surface area contributed by atoms with Crippen LogP contribution in [-0.4, -0.2) is 34.2 Å². The van der Waals surface area contributed by atoms with Crippen LogP contribution in [0, 0.1) is 12.8 Å². The van der Waals surface area contributed by atoms with Crippen molar-refractivity contribution in [3.63, 3.8) is 0 Å². The summed E-state index contributed by atoms with van der Waals surface area (Å²) in [6.07, 6.45) is 6.89. The van der Waals surface area contributed by atoms with Crippen molar-refractivity contribution in [1.82, 2.24) is 15.0 Å². The molecule has 2 atom stereocenters. The molecule has 1 aromatic carbocycles. The van der Waals surface area contributed by atoms with Crippen molar-refractivity contribution < 1.29 is 4.74 Å². The largest absolute Gasteiger partial charge is 0.379 e. The van der Waals surface area contributed by atoms with Gasteiger partial charge in [-0.1, -0.05) is 31.5 Å². The topological polar surface area (TPSA) is 59.9 Å². The molecular weight excluding hydrogens is 336 g/mol. The highest BCUT2D eigenvalue weighted by molar-refractivity contribution is 5.81. The van der Waals surface area contributed by atoms with E-state index in [4.69, 9.17) is 4.74 Å². The Balaban J connectivity index is 1.55. The van der Waals surface area contributed by atoms with Crippen molar-refractivity contribution >= 4 is 16.7 Å². The first-order valence-electron chi connectivity index (χ1n) is 9.74. The zero-order valence-electron chi connectivity index (χ0n) is 16.0. The molecule has 0 bridgehead atoms. The number of hydrogen-bond acceptors (Lipinski definition) is 5. The molecule has 1 N–H and O–H groups in total. The molecule has 5 heteroatoms. The van der Waals surface area contributed by atoms with Crippen LogP contribution in [0.1, 0.15) is 30.3 Å².